The lowest BCUT2D eigenvalue weighted by Gasteiger charge is -2.19. The molecule has 1 aromatic heterocycles. The van der Waals surface area contributed by atoms with Crippen molar-refractivity contribution in [2.45, 2.75) is 23.6 Å². The molecule has 0 saturated heterocycles. The van der Waals surface area contributed by atoms with E-state index in [1.54, 1.807) is 23.9 Å². The topological polar surface area (TPSA) is 49.6 Å². The number of halogens is 1. The molecule has 0 N–H and O–H groups in total. The van der Waals surface area contributed by atoms with Crippen LogP contribution < -0.4 is 0 Å². The third-order valence-electron chi connectivity index (χ3n) is 1.46. The molecule has 0 aliphatic heterocycles. The van der Waals surface area contributed by atoms with Crippen LogP contribution >= 0.6 is 23.4 Å². The molecule has 0 saturated carbocycles. The van der Waals surface area contributed by atoms with E-state index in [0.717, 1.165) is 5.03 Å². The maximum absolute atomic E-state index is 8.53. The van der Waals surface area contributed by atoms with Gasteiger partial charge in [0.15, 0.2) is 5.69 Å². The zero-order chi connectivity index (χ0) is 10.6. The molecular formula is C9H10ClN3S. The Morgan fingerprint density at radius 3 is 2.64 bits per heavy atom. The lowest BCUT2D eigenvalue weighted by atomic mass is 10.2. The van der Waals surface area contributed by atoms with Gasteiger partial charge in [-0.1, -0.05) is 11.8 Å². The van der Waals surface area contributed by atoms with Crippen LogP contribution in [0.15, 0.2) is 17.2 Å². The minimum absolute atomic E-state index is 0.0651. The minimum atomic E-state index is -0.0651. The molecule has 0 aliphatic rings. The molecule has 0 aliphatic carbocycles. The van der Waals surface area contributed by atoms with Gasteiger partial charge in [0.25, 0.3) is 0 Å². The molecule has 5 heteroatoms. The Morgan fingerprint density at radius 1 is 1.50 bits per heavy atom. The predicted octanol–water partition coefficient (Wildman–Crippen LogP) is 2.46. The molecule has 14 heavy (non-hydrogen) atoms. The number of nitrogens with zero attached hydrogens (tertiary/aromatic N) is 3. The highest BCUT2D eigenvalue weighted by molar-refractivity contribution is 8.00. The Morgan fingerprint density at radius 2 is 2.21 bits per heavy atom. The summed E-state index contributed by atoms with van der Waals surface area (Å²) in [5, 5.41) is 17.0. The first kappa shape index (κ1) is 11.3. The maximum Gasteiger partial charge on any atom is 0.163 e. The second-order valence-electron chi connectivity index (χ2n) is 3.36. The van der Waals surface area contributed by atoms with Gasteiger partial charge in [-0.15, -0.1) is 21.8 Å². The van der Waals surface area contributed by atoms with Crippen LogP contribution in [0.4, 0.5) is 0 Å². The molecule has 0 spiro atoms. The van der Waals surface area contributed by atoms with Gasteiger partial charge in [-0.25, -0.2) is 0 Å². The Kier molecular flexibility index (Phi) is 3.73. The van der Waals surface area contributed by atoms with Crippen LogP contribution in [0.25, 0.3) is 0 Å². The Balaban J connectivity index is 2.75. The van der Waals surface area contributed by atoms with E-state index in [1.807, 2.05) is 19.9 Å². The zero-order valence-electron chi connectivity index (χ0n) is 7.99. The van der Waals surface area contributed by atoms with Crippen molar-refractivity contribution in [3.05, 3.63) is 17.8 Å². The lowest BCUT2D eigenvalue weighted by Crippen LogP contribution is -2.16. The minimum Gasteiger partial charge on any atom is -0.191 e. The van der Waals surface area contributed by atoms with Crippen molar-refractivity contribution in [1.82, 2.24) is 10.2 Å². The number of hydrogen-bond acceptors (Lipinski definition) is 4. The molecule has 0 unspecified atom stereocenters. The van der Waals surface area contributed by atoms with Gasteiger partial charge < -0.3 is 0 Å². The number of nitriles is 1. The summed E-state index contributed by atoms with van der Waals surface area (Å²) in [5.41, 5.74) is 0.332. The third-order valence-corrected chi connectivity index (χ3v) is 3.41. The van der Waals surface area contributed by atoms with Crippen LogP contribution in [0.2, 0.25) is 0 Å². The second kappa shape index (κ2) is 4.63. The van der Waals surface area contributed by atoms with Crippen LogP contribution in [-0.2, 0) is 0 Å². The SMILES string of the molecule is CC(C)(CCl)Sc1ccc(C#N)nn1. The van der Waals surface area contributed by atoms with E-state index in [0.29, 0.717) is 11.6 Å². The smallest absolute Gasteiger partial charge is 0.163 e. The summed E-state index contributed by atoms with van der Waals surface area (Å²) < 4.78 is -0.0651. The highest BCUT2D eigenvalue weighted by Gasteiger charge is 2.18. The molecule has 1 aromatic rings. The second-order valence-corrected chi connectivity index (χ2v) is 5.36. The Labute approximate surface area is 92.5 Å². The maximum atomic E-state index is 8.53. The molecule has 0 aromatic carbocycles. The van der Waals surface area contributed by atoms with Gasteiger partial charge in [-0.05, 0) is 26.0 Å². The first-order valence-corrected chi connectivity index (χ1v) is 5.41. The van der Waals surface area contributed by atoms with E-state index in [2.05, 4.69) is 10.2 Å². The van der Waals surface area contributed by atoms with Crippen molar-refractivity contribution < 1.29 is 0 Å². The van der Waals surface area contributed by atoms with Crippen LogP contribution in [0.3, 0.4) is 0 Å². The van der Waals surface area contributed by atoms with E-state index in [4.69, 9.17) is 16.9 Å². The number of rotatable bonds is 3. The standard InChI is InChI=1S/C9H10ClN3S/c1-9(2,6-10)14-8-4-3-7(5-11)12-13-8/h3-4H,6H2,1-2H3. The molecule has 74 valence electrons. The van der Waals surface area contributed by atoms with E-state index in [1.165, 1.54) is 0 Å². The first-order valence-electron chi connectivity index (χ1n) is 4.06. The summed E-state index contributed by atoms with van der Waals surface area (Å²) in [5.74, 6) is 0.541. The first-order chi connectivity index (χ1) is 6.57. The van der Waals surface area contributed by atoms with E-state index < -0.39 is 0 Å². The molecule has 0 amide bonds. The molecular weight excluding hydrogens is 218 g/mol. The van der Waals surface area contributed by atoms with Gasteiger partial charge >= 0.3 is 0 Å². The van der Waals surface area contributed by atoms with Crippen molar-refractivity contribution in [2.75, 3.05) is 5.88 Å². The number of hydrogen-bond donors (Lipinski definition) is 0. The van der Waals surface area contributed by atoms with Crippen LogP contribution in [0.5, 0.6) is 0 Å². The average Bonchev–Trinajstić information content (AvgIpc) is 2.19. The van der Waals surface area contributed by atoms with Gasteiger partial charge in [0.2, 0.25) is 0 Å². The van der Waals surface area contributed by atoms with E-state index in [9.17, 15) is 0 Å². The fourth-order valence-corrected chi connectivity index (χ4v) is 1.75. The van der Waals surface area contributed by atoms with E-state index in [-0.39, 0.29) is 4.75 Å². The number of alkyl halides is 1. The van der Waals surface area contributed by atoms with Gasteiger partial charge in [0.05, 0.1) is 0 Å². The van der Waals surface area contributed by atoms with Crippen molar-refractivity contribution >= 4 is 23.4 Å². The zero-order valence-corrected chi connectivity index (χ0v) is 9.56. The quantitative estimate of drug-likeness (QED) is 0.588. The van der Waals surface area contributed by atoms with Gasteiger partial charge in [-0.3, -0.25) is 0 Å². The fourth-order valence-electron chi connectivity index (χ4n) is 0.744. The van der Waals surface area contributed by atoms with Gasteiger partial charge in [0, 0.05) is 10.6 Å². The molecule has 0 radical (unpaired) electrons. The monoisotopic (exact) mass is 227 g/mol. The van der Waals surface area contributed by atoms with Gasteiger partial charge in [0.1, 0.15) is 11.1 Å². The largest absolute Gasteiger partial charge is 0.191 e. The van der Waals surface area contributed by atoms with Crippen molar-refractivity contribution in [3.63, 3.8) is 0 Å². The highest BCUT2D eigenvalue weighted by atomic mass is 35.5. The van der Waals surface area contributed by atoms with Crippen molar-refractivity contribution in [3.8, 4) is 6.07 Å². The number of aromatic nitrogens is 2. The fraction of sp³-hybridized carbons (Fsp3) is 0.444. The summed E-state index contributed by atoms with van der Waals surface area (Å²) in [6.07, 6.45) is 0. The van der Waals surface area contributed by atoms with Crippen LogP contribution in [-0.4, -0.2) is 20.8 Å². The Hall–Kier alpha value is -0.790. The van der Waals surface area contributed by atoms with Crippen molar-refractivity contribution in [2.24, 2.45) is 0 Å². The summed E-state index contributed by atoms with van der Waals surface area (Å²) >= 11 is 7.33. The molecule has 0 bridgehead atoms. The lowest BCUT2D eigenvalue weighted by molar-refractivity contribution is 0.800. The number of thioether (sulfide) groups is 1. The average molecular weight is 228 g/mol. The predicted molar refractivity (Wildman–Crippen MR) is 57.4 cm³/mol. The molecule has 0 fully saturated rings. The van der Waals surface area contributed by atoms with Crippen LogP contribution in [0, 0.1) is 11.3 Å². The van der Waals surface area contributed by atoms with Crippen LogP contribution in [0.1, 0.15) is 19.5 Å². The Bertz CT molecular complexity index is 342. The molecule has 0 atom stereocenters. The third kappa shape index (κ3) is 3.17. The normalized spacial score (nSPS) is 11.0. The van der Waals surface area contributed by atoms with Crippen molar-refractivity contribution in [1.29, 1.82) is 5.26 Å². The molecule has 1 heterocycles. The highest BCUT2D eigenvalue weighted by Crippen LogP contribution is 2.31. The summed E-state index contributed by atoms with van der Waals surface area (Å²) in [4.78, 5) is 0. The molecule has 1 rings (SSSR count). The summed E-state index contributed by atoms with van der Waals surface area (Å²) in [6.45, 7) is 4.06. The summed E-state index contributed by atoms with van der Waals surface area (Å²) in [7, 11) is 0. The van der Waals surface area contributed by atoms with E-state index >= 15 is 0 Å². The molecule has 3 nitrogen and oxygen atoms in total. The summed E-state index contributed by atoms with van der Waals surface area (Å²) in [6, 6.07) is 5.36. The van der Waals surface area contributed by atoms with Gasteiger partial charge in [-0.2, -0.15) is 5.26 Å².